The van der Waals surface area contributed by atoms with Crippen molar-refractivity contribution in [3.63, 3.8) is 0 Å². The maximum absolute atomic E-state index is 5.94. The first-order valence-corrected chi connectivity index (χ1v) is 6.28. The third kappa shape index (κ3) is 1.45. The quantitative estimate of drug-likeness (QED) is 0.396. The van der Waals surface area contributed by atoms with E-state index in [-0.39, 0.29) is 0 Å². The predicted octanol–water partition coefficient (Wildman–Crippen LogP) is 4.80. The largest absolute Gasteiger partial charge is 0.454 e. The van der Waals surface area contributed by atoms with Gasteiger partial charge in [0.15, 0.2) is 5.58 Å². The highest BCUT2D eigenvalue weighted by Crippen LogP contribution is 2.35. The van der Waals surface area contributed by atoms with Gasteiger partial charge in [-0.2, -0.15) is 4.99 Å². The topological polar surface area (TPSA) is 41.3 Å². The van der Waals surface area contributed by atoms with Crippen molar-refractivity contribution in [1.29, 1.82) is 0 Å². The average Bonchev–Trinajstić information content (AvgIpc) is 2.94. The summed E-state index contributed by atoms with van der Waals surface area (Å²) in [5.41, 5.74) is 4.55. The lowest BCUT2D eigenvalue weighted by Gasteiger charge is -1.92. The summed E-state index contributed by atoms with van der Waals surface area (Å²) < 4.78 is 5.94. The molecule has 0 saturated carbocycles. The first kappa shape index (κ1) is 10.5. The summed E-state index contributed by atoms with van der Waals surface area (Å²) in [6.07, 6.45) is 0. The normalized spacial score (nSPS) is 11.2. The Morgan fingerprint density at radius 2 is 2.00 bits per heavy atom. The summed E-state index contributed by atoms with van der Waals surface area (Å²) in [5.74, 6) is 0. The molecule has 90 valence electrons. The molecule has 0 fully saturated rings. The molecule has 2 aromatic heterocycles. The van der Waals surface area contributed by atoms with Gasteiger partial charge in [-0.15, -0.1) is 0 Å². The van der Waals surface area contributed by atoms with Crippen LogP contribution in [0.2, 0.25) is 0 Å². The van der Waals surface area contributed by atoms with E-state index in [1.165, 1.54) is 0 Å². The van der Waals surface area contributed by atoms with Crippen LogP contribution in [0.4, 0.5) is 5.69 Å². The second-order valence-electron chi connectivity index (χ2n) is 4.36. The van der Waals surface area contributed by atoms with Gasteiger partial charge in [-0.25, -0.2) is 0 Å². The molecule has 4 heteroatoms. The number of hydrogen-bond donors (Lipinski definition) is 1. The molecule has 19 heavy (non-hydrogen) atoms. The molecular formula is C15H8N2OS. The van der Waals surface area contributed by atoms with Crippen molar-refractivity contribution in [2.45, 2.75) is 0 Å². The van der Waals surface area contributed by atoms with Crippen LogP contribution >= 0.6 is 12.2 Å². The zero-order chi connectivity index (χ0) is 12.8. The first-order chi connectivity index (χ1) is 9.36. The number of aromatic amines is 1. The van der Waals surface area contributed by atoms with E-state index < -0.39 is 0 Å². The fourth-order valence-electron chi connectivity index (χ4n) is 2.45. The summed E-state index contributed by atoms with van der Waals surface area (Å²) in [4.78, 5) is 7.36. The van der Waals surface area contributed by atoms with E-state index in [2.05, 4.69) is 27.4 Å². The molecule has 0 aliphatic rings. The summed E-state index contributed by atoms with van der Waals surface area (Å²) in [6.45, 7) is 0. The van der Waals surface area contributed by atoms with Gasteiger partial charge in [0.1, 0.15) is 5.58 Å². The Labute approximate surface area is 113 Å². The Morgan fingerprint density at radius 1 is 1.11 bits per heavy atom. The molecule has 0 spiro atoms. The molecule has 2 aromatic carbocycles. The number of hydrogen-bond acceptors (Lipinski definition) is 3. The molecule has 0 atom stereocenters. The second kappa shape index (κ2) is 3.79. The van der Waals surface area contributed by atoms with E-state index >= 15 is 0 Å². The Hall–Kier alpha value is -2.42. The monoisotopic (exact) mass is 264 g/mol. The highest BCUT2D eigenvalue weighted by molar-refractivity contribution is 7.78. The van der Waals surface area contributed by atoms with Crippen LogP contribution < -0.4 is 0 Å². The number of H-pyrrole nitrogens is 1. The molecule has 0 unspecified atom stereocenters. The summed E-state index contributed by atoms with van der Waals surface area (Å²) in [5, 5.41) is 4.51. The number of isothiocyanates is 1. The van der Waals surface area contributed by atoms with Crippen LogP contribution in [0.3, 0.4) is 0 Å². The van der Waals surface area contributed by atoms with Crippen LogP contribution in [0.15, 0.2) is 51.9 Å². The summed E-state index contributed by atoms with van der Waals surface area (Å²) in [7, 11) is 0. The summed E-state index contributed by atoms with van der Waals surface area (Å²) >= 11 is 4.61. The smallest absolute Gasteiger partial charge is 0.160 e. The Kier molecular flexibility index (Phi) is 2.09. The van der Waals surface area contributed by atoms with E-state index in [9.17, 15) is 0 Å². The zero-order valence-corrected chi connectivity index (χ0v) is 10.6. The van der Waals surface area contributed by atoms with Gasteiger partial charge >= 0.3 is 0 Å². The standard InChI is InChI=1S/C15H8N2OS/c19-8-16-9-5-6-11-13(7-9)18-15-10-3-1-2-4-12(10)17-14(11)15/h1-7,17H. The minimum absolute atomic E-state index is 0.753. The van der Waals surface area contributed by atoms with E-state index in [0.717, 1.165) is 38.7 Å². The van der Waals surface area contributed by atoms with E-state index in [0.29, 0.717) is 0 Å². The van der Waals surface area contributed by atoms with Crippen LogP contribution in [0.1, 0.15) is 0 Å². The number of fused-ring (bicyclic) bond motifs is 5. The van der Waals surface area contributed by atoms with Crippen molar-refractivity contribution >= 4 is 56.0 Å². The highest BCUT2D eigenvalue weighted by atomic mass is 32.1. The minimum Gasteiger partial charge on any atom is -0.454 e. The molecular weight excluding hydrogens is 256 g/mol. The number of thiocarbonyl (C=S) groups is 1. The number of nitrogens with zero attached hydrogens (tertiary/aromatic N) is 1. The molecule has 0 amide bonds. The van der Waals surface area contributed by atoms with Crippen LogP contribution in [-0.2, 0) is 0 Å². The Morgan fingerprint density at radius 3 is 2.89 bits per heavy atom. The third-order valence-electron chi connectivity index (χ3n) is 3.28. The maximum Gasteiger partial charge on any atom is 0.160 e. The number of para-hydroxylation sites is 1. The van der Waals surface area contributed by atoms with Gasteiger partial charge in [-0.05, 0) is 36.5 Å². The molecule has 0 radical (unpaired) electrons. The fraction of sp³-hybridized carbons (Fsp3) is 0. The lowest BCUT2D eigenvalue weighted by molar-refractivity contribution is 0.673. The van der Waals surface area contributed by atoms with Crippen molar-refractivity contribution in [2.75, 3.05) is 0 Å². The number of furan rings is 1. The van der Waals surface area contributed by atoms with Gasteiger partial charge < -0.3 is 9.40 Å². The number of aliphatic imine (C=N–C) groups is 1. The lowest BCUT2D eigenvalue weighted by Crippen LogP contribution is -1.69. The minimum atomic E-state index is 0.753. The van der Waals surface area contributed by atoms with Gasteiger partial charge in [-0.1, -0.05) is 12.1 Å². The fourth-order valence-corrected chi connectivity index (χ4v) is 2.55. The van der Waals surface area contributed by atoms with Gasteiger partial charge in [0.05, 0.1) is 16.4 Å². The molecule has 0 bridgehead atoms. The van der Waals surface area contributed by atoms with Crippen LogP contribution in [0.5, 0.6) is 0 Å². The zero-order valence-electron chi connectivity index (χ0n) is 9.81. The lowest BCUT2D eigenvalue weighted by atomic mass is 10.2. The number of rotatable bonds is 1. The average molecular weight is 264 g/mol. The van der Waals surface area contributed by atoms with Gasteiger partial charge in [0.25, 0.3) is 0 Å². The van der Waals surface area contributed by atoms with Crippen molar-refractivity contribution < 1.29 is 4.42 Å². The van der Waals surface area contributed by atoms with Gasteiger partial charge in [-0.3, -0.25) is 0 Å². The molecule has 3 nitrogen and oxygen atoms in total. The van der Waals surface area contributed by atoms with Gasteiger partial charge in [0, 0.05) is 22.4 Å². The van der Waals surface area contributed by atoms with Crippen LogP contribution in [0.25, 0.3) is 33.0 Å². The molecule has 2 heterocycles. The van der Waals surface area contributed by atoms with E-state index in [1.54, 1.807) is 0 Å². The number of nitrogens with one attached hydrogen (secondary N) is 1. The maximum atomic E-state index is 5.94. The predicted molar refractivity (Wildman–Crippen MR) is 80.3 cm³/mol. The number of benzene rings is 2. The van der Waals surface area contributed by atoms with Crippen molar-refractivity contribution in [2.24, 2.45) is 4.99 Å². The SMILES string of the molecule is S=C=Nc1ccc2c(c1)oc1c3ccccc3[nH]c21. The van der Waals surface area contributed by atoms with Crippen molar-refractivity contribution in [3.8, 4) is 0 Å². The first-order valence-electron chi connectivity index (χ1n) is 5.87. The van der Waals surface area contributed by atoms with Gasteiger partial charge in [0.2, 0.25) is 0 Å². The van der Waals surface area contributed by atoms with Crippen LogP contribution in [0, 0.1) is 0 Å². The van der Waals surface area contributed by atoms with E-state index in [4.69, 9.17) is 4.42 Å². The van der Waals surface area contributed by atoms with E-state index in [1.807, 2.05) is 42.5 Å². The third-order valence-corrected chi connectivity index (χ3v) is 3.37. The molecule has 0 saturated heterocycles. The molecule has 0 aliphatic carbocycles. The summed E-state index contributed by atoms with van der Waals surface area (Å²) in [6, 6.07) is 13.9. The molecule has 4 rings (SSSR count). The molecule has 4 aromatic rings. The Balaban J connectivity index is 2.15. The second-order valence-corrected chi connectivity index (χ2v) is 4.54. The molecule has 1 N–H and O–H groups in total. The molecule has 0 aliphatic heterocycles. The highest BCUT2D eigenvalue weighted by Gasteiger charge is 2.12. The van der Waals surface area contributed by atoms with Crippen molar-refractivity contribution in [3.05, 3.63) is 42.5 Å². The Bertz CT molecular complexity index is 974. The van der Waals surface area contributed by atoms with Crippen LogP contribution in [-0.4, -0.2) is 10.1 Å². The van der Waals surface area contributed by atoms with Crippen molar-refractivity contribution in [1.82, 2.24) is 4.98 Å². The number of aromatic nitrogens is 1.